The van der Waals surface area contributed by atoms with Crippen molar-refractivity contribution in [3.8, 4) is 11.5 Å². The summed E-state index contributed by atoms with van der Waals surface area (Å²) in [7, 11) is 0. The summed E-state index contributed by atoms with van der Waals surface area (Å²) in [6.07, 6.45) is 3.43. The van der Waals surface area contributed by atoms with Crippen LogP contribution >= 0.6 is 0 Å². The third-order valence-corrected chi connectivity index (χ3v) is 3.08. The van der Waals surface area contributed by atoms with Crippen molar-refractivity contribution in [2.75, 3.05) is 13.2 Å². The molecule has 0 bridgehead atoms. The average Bonchev–Trinajstić information content (AvgIpc) is 2.42. The molecule has 0 aliphatic heterocycles. The Morgan fingerprint density at radius 1 is 1.10 bits per heavy atom. The normalized spacial score (nSPS) is 13.0. The van der Waals surface area contributed by atoms with Crippen molar-refractivity contribution in [1.82, 2.24) is 5.32 Å². The van der Waals surface area contributed by atoms with E-state index in [-0.39, 0.29) is 11.6 Å². The van der Waals surface area contributed by atoms with Gasteiger partial charge < -0.3 is 14.8 Å². The topological polar surface area (TPSA) is 30.5 Å². The minimum absolute atomic E-state index is 0.193. The molecule has 3 heteroatoms. The molecule has 0 heterocycles. The zero-order chi connectivity index (χ0) is 15.7. The van der Waals surface area contributed by atoms with Gasteiger partial charge in [0.05, 0.1) is 12.7 Å². The molecule has 1 aromatic carbocycles. The maximum atomic E-state index is 5.92. The molecule has 1 aromatic rings. The summed E-state index contributed by atoms with van der Waals surface area (Å²) in [6, 6.07) is 7.90. The number of rotatable bonds is 9. The molecule has 0 aliphatic carbocycles. The number of ether oxygens (including phenoxy) is 2. The number of nitrogens with one attached hydrogen (secondary N) is 1. The number of hydrogen-bond acceptors (Lipinski definition) is 3. The van der Waals surface area contributed by atoms with Crippen molar-refractivity contribution < 1.29 is 9.47 Å². The number of benzene rings is 1. The first-order valence-corrected chi connectivity index (χ1v) is 8.05. The van der Waals surface area contributed by atoms with E-state index in [4.69, 9.17) is 9.47 Å². The Bertz CT molecular complexity index is 381. The van der Waals surface area contributed by atoms with Crippen molar-refractivity contribution in [3.63, 3.8) is 0 Å². The van der Waals surface area contributed by atoms with Crippen LogP contribution < -0.4 is 14.8 Å². The maximum Gasteiger partial charge on any atom is 0.119 e. The Kier molecular flexibility index (Phi) is 7.58. The Morgan fingerprint density at radius 2 is 1.71 bits per heavy atom. The van der Waals surface area contributed by atoms with E-state index in [0.717, 1.165) is 43.9 Å². The van der Waals surface area contributed by atoms with Crippen LogP contribution in [0.25, 0.3) is 0 Å². The van der Waals surface area contributed by atoms with Gasteiger partial charge >= 0.3 is 0 Å². The van der Waals surface area contributed by atoms with Crippen LogP contribution in [0, 0.1) is 0 Å². The molecule has 1 rings (SSSR count). The van der Waals surface area contributed by atoms with Crippen LogP contribution in [0.2, 0.25) is 0 Å². The first kappa shape index (κ1) is 17.8. The Hall–Kier alpha value is -1.22. The Balaban J connectivity index is 2.26. The summed E-state index contributed by atoms with van der Waals surface area (Å²) in [5.41, 5.74) is 0.193. The smallest absolute Gasteiger partial charge is 0.119 e. The monoisotopic (exact) mass is 293 g/mol. The van der Waals surface area contributed by atoms with Crippen LogP contribution in [-0.4, -0.2) is 24.8 Å². The maximum absolute atomic E-state index is 5.92. The minimum Gasteiger partial charge on any atom is -0.494 e. The lowest BCUT2D eigenvalue weighted by Crippen LogP contribution is -2.36. The van der Waals surface area contributed by atoms with Gasteiger partial charge in [0, 0.05) is 5.54 Å². The lowest BCUT2D eigenvalue weighted by molar-refractivity contribution is 0.205. The van der Waals surface area contributed by atoms with Crippen LogP contribution in [0.3, 0.4) is 0 Å². The van der Waals surface area contributed by atoms with Crippen molar-refractivity contribution in [1.29, 1.82) is 0 Å². The van der Waals surface area contributed by atoms with Gasteiger partial charge in [0.15, 0.2) is 0 Å². The highest BCUT2D eigenvalue weighted by Crippen LogP contribution is 2.19. The molecule has 0 saturated heterocycles. The summed E-state index contributed by atoms with van der Waals surface area (Å²) in [5.74, 6) is 1.82. The molecule has 1 N–H and O–H groups in total. The van der Waals surface area contributed by atoms with Crippen LogP contribution in [-0.2, 0) is 0 Å². The summed E-state index contributed by atoms with van der Waals surface area (Å²) >= 11 is 0. The highest BCUT2D eigenvalue weighted by molar-refractivity contribution is 5.31. The highest BCUT2D eigenvalue weighted by atomic mass is 16.5. The van der Waals surface area contributed by atoms with Crippen molar-refractivity contribution in [2.45, 2.75) is 65.5 Å². The van der Waals surface area contributed by atoms with Crippen LogP contribution in [0.5, 0.6) is 11.5 Å². The van der Waals surface area contributed by atoms with E-state index in [1.807, 2.05) is 24.3 Å². The molecule has 21 heavy (non-hydrogen) atoms. The van der Waals surface area contributed by atoms with Gasteiger partial charge in [-0.15, -0.1) is 0 Å². The van der Waals surface area contributed by atoms with Gasteiger partial charge in [0.1, 0.15) is 11.5 Å². The lowest BCUT2D eigenvalue weighted by atomic mass is 10.1. The predicted molar refractivity (Wildman–Crippen MR) is 89.3 cm³/mol. The second kappa shape index (κ2) is 8.93. The molecule has 0 radical (unpaired) electrons. The molecule has 0 aromatic heterocycles. The van der Waals surface area contributed by atoms with E-state index < -0.39 is 0 Å². The molecule has 0 fully saturated rings. The summed E-state index contributed by atoms with van der Waals surface area (Å²) in [5, 5.41) is 3.50. The number of hydrogen-bond donors (Lipinski definition) is 1. The molecule has 0 aliphatic rings. The molecule has 120 valence electrons. The van der Waals surface area contributed by atoms with Crippen LogP contribution in [0.4, 0.5) is 0 Å². The molecular weight excluding hydrogens is 262 g/mol. The molecule has 1 unspecified atom stereocenters. The van der Waals surface area contributed by atoms with Gasteiger partial charge in [0.2, 0.25) is 0 Å². The summed E-state index contributed by atoms with van der Waals surface area (Å²) in [4.78, 5) is 0. The SMILES string of the molecule is CCCOc1ccc(OC(C)CCCNC(C)(C)C)cc1. The highest BCUT2D eigenvalue weighted by Gasteiger charge is 2.09. The first-order valence-electron chi connectivity index (χ1n) is 8.05. The fraction of sp³-hybridized carbons (Fsp3) is 0.667. The van der Waals surface area contributed by atoms with E-state index in [2.05, 4.69) is 39.9 Å². The second-order valence-electron chi connectivity index (χ2n) is 6.57. The average molecular weight is 293 g/mol. The zero-order valence-electron chi connectivity index (χ0n) is 14.2. The molecule has 1 atom stereocenters. The largest absolute Gasteiger partial charge is 0.494 e. The van der Waals surface area contributed by atoms with Crippen molar-refractivity contribution in [2.24, 2.45) is 0 Å². The van der Waals surface area contributed by atoms with E-state index in [0.29, 0.717) is 0 Å². The van der Waals surface area contributed by atoms with Gasteiger partial charge in [-0.3, -0.25) is 0 Å². The molecular formula is C18H31NO2. The van der Waals surface area contributed by atoms with E-state index >= 15 is 0 Å². The quantitative estimate of drug-likeness (QED) is 0.684. The van der Waals surface area contributed by atoms with E-state index in [9.17, 15) is 0 Å². The first-order chi connectivity index (χ1) is 9.90. The van der Waals surface area contributed by atoms with Gasteiger partial charge in [-0.05, 0) is 77.8 Å². The predicted octanol–water partition coefficient (Wildman–Crippen LogP) is 4.41. The third kappa shape index (κ3) is 8.61. The summed E-state index contributed by atoms with van der Waals surface area (Å²) < 4.78 is 11.5. The molecule has 0 amide bonds. The fourth-order valence-electron chi connectivity index (χ4n) is 1.98. The fourth-order valence-corrected chi connectivity index (χ4v) is 1.98. The minimum atomic E-state index is 0.193. The van der Waals surface area contributed by atoms with Crippen molar-refractivity contribution >= 4 is 0 Å². The summed E-state index contributed by atoms with van der Waals surface area (Å²) in [6.45, 7) is 12.6. The Labute approximate surface area is 130 Å². The van der Waals surface area contributed by atoms with Gasteiger partial charge in [-0.2, -0.15) is 0 Å². The van der Waals surface area contributed by atoms with Gasteiger partial charge in [-0.1, -0.05) is 6.92 Å². The molecule has 3 nitrogen and oxygen atoms in total. The third-order valence-electron chi connectivity index (χ3n) is 3.08. The van der Waals surface area contributed by atoms with Crippen LogP contribution in [0.15, 0.2) is 24.3 Å². The second-order valence-corrected chi connectivity index (χ2v) is 6.57. The molecule has 0 saturated carbocycles. The zero-order valence-corrected chi connectivity index (χ0v) is 14.2. The van der Waals surface area contributed by atoms with Gasteiger partial charge in [0.25, 0.3) is 0 Å². The van der Waals surface area contributed by atoms with E-state index in [1.54, 1.807) is 0 Å². The van der Waals surface area contributed by atoms with Gasteiger partial charge in [-0.25, -0.2) is 0 Å². The molecule has 0 spiro atoms. The van der Waals surface area contributed by atoms with Crippen LogP contribution in [0.1, 0.15) is 53.9 Å². The van der Waals surface area contributed by atoms with E-state index in [1.165, 1.54) is 0 Å². The standard InChI is InChI=1S/C18H31NO2/c1-6-14-20-16-9-11-17(12-10-16)21-15(2)8-7-13-19-18(3,4)5/h9-12,15,19H,6-8,13-14H2,1-5H3. The lowest BCUT2D eigenvalue weighted by Gasteiger charge is -2.21. The van der Waals surface area contributed by atoms with Crippen molar-refractivity contribution in [3.05, 3.63) is 24.3 Å². The Morgan fingerprint density at radius 3 is 2.29 bits per heavy atom.